The number of aliphatic hydroxyl groups is 3. The van der Waals surface area contributed by atoms with Gasteiger partial charge in [-0.1, -0.05) is 0 Å². The second kappa shape index (κ2) is 6.24. The van der Waals surface area contributed by atoms with Crippen LogP contribution in [0.1, 0.15) is 19.6 Å². The molecule has 0 spiro atoms. The van der Waals surface area contributed by atoms with Gasteiger partial charge in [-0.25, -0.2) is 4.98 Å². The highest BCUT2D eigenvalue weighted by atomic mass is 16.5. The van der Waals surface area contributed by atoms with Crippen LogP contribution in [0.4, 0.5) is 5.95 Å². The zero-order valence-electron chi connectivity index (χ0n) is 12.5. The van der Waals surface area contributed by atoms with Crippen molar-refractivity contribution < 1.29 is 24.8 Å². The lowest BCUT2D eigenvalue weighted by molar-refractivity contribution is -0.0432. The molecule has 0 aromatic carbocycles. The Labute approximate surface area is 131 Å². The molecule has 23 heavy (non-hydrogen) atoms. The van der Waals surface area contributed by atoms with Gasteiger partial charge in [0.05, 0.1) is 25.6 Å². The first kappa shape index (κ1) is 15.9. The molecule has 1 aliphatic rings. The fraction of sp³-hybridized carbons (Fsp3) is 0.615. The summed E-state index contributed by atoms with van der Waals surface area (Å²) in [4.78, 5) is 12.4. The maximum Gasteiger partial charge on any atom is 0.247 e. The Morgan fingerprint density at radius 3 is 2.91 bits per heavy atom. The number of ether oxygens (including phenoxy) is 2. The van der Waals surface area contributed by atoms with Gasteiger partial charge in [-0.3, -0.25) is 4.57 Å². The van der Waals surface area contributed by atoms with E-state index in [1.165, 1.54) is 6.33 Å². The molecule has 10 nitrogen and oxygen atoms in total. The molecule has 4 atom stereocenters. The number of aromatic nitrogens is 4. The second-order valence-electron chi connectivity index (χ2n) is 5.44. The molecule has 0 bridgehead atoms. The van der Waals surface area contributed by atoms with Crippen molar-refractivity contribution in [2.24, 2.45) is 0 Å². The molecule has 126 valence electrons. The number of nitrogens with two attached hydrogens (primary N) is 1. The van der Waals surface area contributed by atoms with Crippen LogP contribution in [-0.2, 0) is 4.74 Å². The number of aliphatic hydroxyl groups excluding tert-OH is 3. The summed E-state index contributed by atoms with van der Waals surface area (Å²) < 4.78 is 12.7. The minimum atomic E-state index is -0.772. The number of nitrogens with zero attached hydrogens (tertiary/aromatic N) is 4. The minimum Gasteiger partial charge on any atom is -0.470 e. The molecular formula is C13H19N5O5. The van der Waals surface area contributed by atoms with E-state index < -0.39 is 24.5 Å². The summed E-state index contributed by atoms with van der Waals surface area (Å²) in [7, 11) is 0. The number of nitrogen functional groups attached to an aromatic ring is 1. The maximum absolute atomic E-state index is 9.86. The van der Waals surface area contributed by atoms with Gasteiger partial charge >= 0.3 is 0 Å². The molecular weight excluding hydrogens is 306 g/mol. The quantitative estimate of drug-likeness (QED) is 0.532. The number of fused-ring (bicyclic) bond motifs is 1. The normalized spacial score (nSPS) is 25.8. The molecule has 3 heterocycles. The van der Waals surface area contributed by atoms with Crippen molar-refractivity contribution in [1.29, 1.82) is 0 Å². The van der Waals surface area contributed by atoms with Crippen molar-refractivity contribution in [2.75, 3.05) is 18.9 Å². The van der Waals surface area contributed by atoms with Gasteiger partial charge in [-0.05, 0) is 6.92 Å². The molecule has 0 aliphatic carbocycles. The molecule has 0 saturated carbocycles. The van der Waals surface area contributed by atoms with E-state index in [2.05, 4.69) is 15.0 Å². The summed E-state index contributed by atoms with van der Waals surface area (Å²) in [5, 5.41) is 28.1. The van der Waals surface area contributed by atoms with Gasteiger partial charge in [0.15, 0.2) is 11.2 Å². The third-order valence-electron chi connectivity index (χ3n) is 3.67. The third kappa shape index (κ3) is 2.93. The standard InChI is InChI=1S/C13H19N5O5/c1-6(3-19)22-12-10-11(16-13(14)17-12)18(5-15-10)9-2-7(21)8(4-20)23-9/h5-9,19-21H,2-4H2,1H3,(H2,14,16,17)/t6-,7-,8-,9-/m1/s1. The number of imidazole rings is 1. The van der Waals surface area contributed by atoms with Gasteiger partial charge < -0.3 is 30.5 Å². The Bertz CT molecular complexity index is 693. The molecule has 1 fully saturated rings. The summed E-state index contributed by atoms with van der Waals surface area (Å²) in [6, 6.07) is 0. The lowest BCUT2D eigenvalue weighted by Gasteiger charge is -2.14. The van der Waals surface area contributed by atoms with Crippen LogP contribution in [0.15, 0.2) is 6.33 Å². The van der Waals surface area contributed by atoms with Gasteiger partial charge in [0.25, 0.3) is 0 Å². The van der Waals surface area contributed by atoms with Crippen LogP contribution >= 0.6 is 0 Å². The predicted molar refractivity (Wildman–Crippen MR) is 78.5 cm³/mol. The zero-order valence-corrected chi connectivity index (χ0v) is 12.5. The van der Waals surface area contributed by atoms with E-state index in [9.17, 15) is 10.2 Å². The molecule has 0 unspecified atom stereocenters. The Balaban J connectivity index is 1.97. The van der Waals surface area contributed by atoms with Crippen LogP contribution in [0.25, 0.3) is 11.2 Å². The Morgan fingerprint density at radius 1 is 1.48 bits per heavy atom. The third-order valence-corrected chi connectivity index (χ3v) is 3.67. The fourth-order valence-corrected chi connectivity index (χ4v) is 2.48. The SMILES string of the molecule is C[C@H](CO)Oc1nc(N)nc2c1ncn2[C@H]1C[C@@H](O)[C@@H](CO)O1. The average molecular weight is 325 g/mol. The first-order valence-corrected chi connectivity index (χ1v) is 7.25. The Morgan fingerprint density at radius 2 is 2.26 bits per heavy atom. The van der Waals surface area contributed by atoms with E-state index in [0.717, 1.165) is 0 Å². The van der Waals surface area contributed by atoms with Gasteiger partial charge in [0, 0.05) is 6.42 Å². The van der Waals surface area contributed by atoms with Crippen LogP contribution in [0.5, 0.6) is 5.88 Å². The van der Waals surface area contributed by atoms with Crippen LogP contribution in [0.2, 0.25) is 0 Å². The van der Waals surface area contributed by atoms with E-state index in [1.54, 1.807) is 11.5 Å². The highest BCUT2D eigenvalue weighted by Crippen LogP contribution is 2.32. The van der Waals surface area contributed by atoms with Crippen LogP contribution < -0.4 is 10.5 Å². The Kier molecular flexibility index (Phi) is 4.31. The summed E-state index contributed by atoms with van der Waals surface area (Å²) in [6.07, 6.45) is -0.630. The van der Waals surface area contributed by atoms with Crippen molar-refractivity contribution in [3.05, 3.63) is 6.33 Å². The molecule has 5 N–H and O–H groups in total. The number of hydrogen-bond acceptors (Lipinski definition) is 9. The molecule has 2 aromatic rings. The molecule has 2 aromatic heterocycles. The largest absolute Gasteiger partial charge is 0.470 e. The van der Waals surface area contributed by atoms with E-state index >= 15 is 0 Å². The number of rotatable bonds is 5. The van der Waals surface area contributed by atoms with Gasteiger partial charge in [0.1, 0.15) is 18.4 Å². The fourth-order valence-electron chi connectivity index (χ4n) is 2.48. The first-order chi connectivity index (χ1) is 11.0. The van der Waals surface area contributed by atoms with Crippen molar-refractivity contribution in [3.63, 3.8) is 0 Å². The Hall–Kier alpha value is -2.01. The van der Waals surface area contributed by atoms with Crippen molar-refractivity contribution in [1.82, 2.24) is 19.5 Å². The zero-order chi connectivity index (χ0) is 16.6. The van der Waals surface area contributed by atoms with Gasteiger partial charge in [-0.2, -0.15) is 9.97 Å². The molecule has 0 amide bonds. The number of anilines is 1. The maximum atomic E-state index is 9.86. The van der Waals surface area contributed by atoms with Crippen LogP contribution in [0, 0.1) is 0 Å². The van der Waals surface area contributed by atoms with E-state index in [0.29, 0.717) is 17.6 Å². The summed E-state index contributed by atoms with van der Waals surface area (Å²) in [6.45, 7) is 1.23. The first-order valence-electron chi connectivity index (χ1n) is 7.25. The van der Waals surface area contributed by atoms with Crippen LogP contribution in [0.3, 0.4) is 0 Å². The van der Waals surface area contributed by atoms with Gasteiger partial charge in [-0.15, -0.1) is 0 Å². The lowest BCUT2D eigenvalue weighted by atomic mass is 10.2. The second-order valence-corrected chi connectivity index (χ2v) is 5.44. The van der Waals surface area contributed by atoms with E-state index in [-0.39, 0.29) is 25.0 Å². The smallest absolute Gasteiger partial charge is 0.247 e. The average Bonchev–Trinajstić information content (AvgIpc) is 3.10. The van der Waals surface area contributed by atoms with Crippen molar-refractivity contribution in [2.45, 2.75) is 37.9 Å². The van der Waals surface area contributed by atoms with Crippen molar-refractivity contribution in [3.8, 4) is 5.88 Å². The molecule has 10 heteroatoms. The predicted octanol–water partition coefficient (Wildman–Crippen LogP) is -1.19. The molecule has 3 rings (SSSR count). The number of hydrogen-bond donors (Lipinski definition) is 4. The molecule has 1 aliphatic heterocycles. The van der Waals surface area contributed by atoms with E-state index in [4.69, 9.17) is 20.3 Å². The van der Waals surface area contributed by atoms with Crippen molar-refractivity contribution >= 4 is 17.1 Å². The summed E-state index contributed by atoms with van der Waals surface area (Å²) in [5.74, 6) is 0.168. The van der Waals surface area contributed by atoms with Gasteiger partial charge in [0.2, 0.25) is 11.8 Å². The topological polar surface area (TPSA) is 149 Å². The minimum absolute atomic E-state index is 0.00311. The molecule has 1 saturated heterocycles. The lowest BCUT2D eigenvalue weighted by Crippen LogP contribution is -2.24. The summed E-state index contributed by atoms with van der Waals surface area (Å²) >= 11 is 0. The molecule has 0 radical (unpaired) electrons. The highest BCUT2D eigenvalue weighted by Gasteiger charge is 2.35. The summed E-state index contributed by atoms with van der Waals surface area (Å²) in [5.41, 5.74) is 6.49. The van der Waals surface area contributed by atoms with Crippen LogP contribution in [-0.4, -0.2) is 66.4 Å². The highest BCUT2D eigenvalue weighted by molar-refractivity contribution is 5.77. The monoisotopic (exact) mass is 325 g/mol. The van der Waals surface area contributed by atoms with E-state index in [1.807, 2.05) is 0 Å².